The van der Waals surface area contributed by atoms with Gasteiger partial charge in [0.2, 0.25) is 0 Å². The Morgan fingerprint density at radius 1 is 1.00 bits per heavy atom. The summed E-state index contributed by atoms with van der Waals surface area (Å²) in [5, 5.41) is 43.2. The van der Waals surface area contributed by atoms with Crippen molar-refractivity contribution in [1.82, 2.24) is 0 Å². The molecule has 32 heavy (non-hydrogen) atoms. The standard InChI is InChI=1S/C27H46O5/c1-6-17-20-12-16(28)11-15(3)26(20,4)21-13-22(29)27(5)18(14(2)7-10-23(30)31)8-9-19(27)24(21)25(17)32/h14-22,24-25,28-29,32H,6-13H2,1-5H3,(H,30,31)/t14-,15?,16-,17-,18-,19+,20+,21+,22+,24+,25-,26+,27-/m1/s1. The molecule has 0 bridgehead atoms. The van der Waals surface area contributed by atoms with Crippen LogP contribution in [0, 0.1) is 58.2 Å². The van der Waals surface area contributed by atoms with Crippen LogP contribution in [-0.4, -0.2) is 44.7 Å². The molecule has 0 aliphatic heterocycles. The summed E-state index contributed by atoms with van der Waals surface area (Å²) in [6.45, 7) is 11.3. The fraction of sp³-hybridized carbons (Fsp3) is 0.963. The van der Waals surface area contributed by atoms with Gasteiger partial charge in [0.15, 0.2) is 0 Å². The van der Waals surface area contributed by atoms with E-state index in [0.29, 0.717) is 24.2 Å². The second-order valence-corrected chi connectivity index (χ2v) is 12.6. The number of carboxylic acid groups (broad SMARTS) is 1. The van der Waals surface area contributed by atoms with Crippen LogP contribution in [-0.2, 0) is 4.79 Å². The maximum Gasteiger partial charge on any atom is 0.303 e. The lowest BCUT2D eigenvalue weighted by atomic mass is 9.39. The minimum Gasteiger partial charge on any atom is -0.481 e. The van der Waals surface area contributed by atoms with Crippen LogP contribution in [0.25, 0.3) is 0 Å². The molecule has 1 unspecified atom stereocenters. The van der Waals surface area contributed by atoms with Crippen molar-refractivity contribution in [2.45, 2.75) is 104 Å². The zero-order valence-corrected chi connectivity index (χ0v) is 20.7. The highest BCUT2D eigenvalue weighted by atomic mass is 16.4. The van der Waals surface area contributed by atoms with Gasteiger partial charge in [-0.1, -0.05) is 41.0 Å². The molecule has 0 radical (unpaired) electrons. The molecule has 0 heterocycles. The zero-order valence-electron chi connectivity index (χ0n) is 20.7. The molecule has 4 rings (SSSR count). The summed E-state index contributed by atoms with van der Waals surface area (Å²) in [6.07, 6.45) is 5.00. The topological polar surface area (TPSA) is 98.0 Å². The number of fused-ring (bicyclic) bond motifs is 5. The van der Waals surface area contributed by atoms with E-state index in [2.05, 4.69) is 34.6 Å². The van der Waals surface area contributed by atoms with E-state index in [9.17, 15) is 25.2 Å². The quantitative estimate of drug-likeness (QED) is 0.500. The van der Waals surface area contributed by atoms with E-state index in [0.717, 1.165) is 38.5 Å². The number of hydrogen-bond donors (Lipinski definition) is 4. The number of carbonyl (C=O) groups is 1. The second kappa shape index (κ2) is 8.53. The molecule has 13 atom stereocenters. The third kappa shape index (κ3) is 3.40. The first-order valence-corrected chi connectivity index (χ1v) is 13.2. The average molecular weight is 451 g/mol. The van der Waals surface area contributed by atoms with Crippen molar-refractivity contribution in [2.75, 3.05) is 0 Å². The molecule has 0 spiro atoms. The molecule has 4 fully saturated rings. The van der Waals surface area contributed by atoms with Crippen molar-refractivity contribution in [1.29, 1.82) is 0 Å². The summed E-state index contributed by atoms with van der Waals surface area (Å²) in [4.78, 5) is 11.2. The number of carboxylic acids is 1. The fourth-order valence-electron chi connectivity index (χ4n) is 9.88. The monoisotopic (exact) mass is 450 g/mol. The molecule has 0 aromatic heterocycles. The molecule has 4 aliphatic carbocycles. The molecule has 4 N–H and O–H groups in total. The summed E-state index contributed by atoms with van der Waals surface area (Å²) in [7, 11) is 0. The molecule has 184 valence electrons. The van der Waals surface area contributed by atoms with Crippen LogP contribution in [0.15, 0.2) is 0 Å². The number of hydrogen-bond acceptors (Lipinski definition) is 4. The zero-order chi connectivity index (χ0) is 23.6. The second-order valence-electron chi connectivity index (χ2n) is 12.6. The molecule has 5 nitrogen and oxygen atoms in total. The highest BCUT2D eigenvalue weighted by molar-refractivity contribution is 5.66. The van der Waals surface area contributed by atoms with Crippen LogP contribution in [0.1, 0.15) is 86.0 Å². The first-order chi connectivity index (χ1) is 15.0. The van der Waals surface area contributed by atoms with Crippen molar-refractivity contribution >= 4 is 5.97 Å². The van der Waals surface area contributed by atoms with Gasteiger partial charge < -0.3 is 20.4 Å². The van der Waals surface area contributed by atoms with Crippen LogP contribution in [0.5, 0.6) is 0 Å². The van der Waals surface area contributed by atoms with Crippen molar-refractivity contribution < 1.29 is 25.2 Å². The Kier molecular flexibility index (Phi) is 6.53. The minimum atomic E-state index is -0.748. The van der Waals surface area contributed by atoms with Crippen molar-refractivity contribution in [2.24, 2.45) is 58.2 Å². The largest absolute Gasteiger partial charge is 0.481 e. The number of rotatable bonds is 5. The van der Waals surface area contributed by atoms with Crippen LogP contribution in [0.4, 0.5) is 0 Å². The molecule has 5 heteroatoms. The third-order valence-corrected chi connectivity index (χ3v) is 11.6. The van der Waals surface area contributed by atoms with Gasteiger partial charge in [-0.25, -0.2) is 0 Å². The Balaban J connectivity index is 1.69. The predicted molar refractivity (Wildman–Crippen MR) is 124 cm³/mol. The third-order valence-electron chi connectivity index (χ3n) is 11.6. The summed E-state index contributed by atoms with van der Waals surface area (Å²) in [6, 6.07) is 0. The molecule has 0 aromatic carbocycles. The molecule has 0 saturated heterocycles. The van der Waals surface area contributed by atoms with Gasteiger partial charge in [0.1, 0.15) is 0 Å². The lowest BCUT2D eigenvalue weighted by Crippen LogP contribution is -2.66. The van der Waals surface area contributed by atoms with E-state index in [1.807, 2.05) is 0 Å². The average Bonchev–Trinajstić information content (AvgIpc) is 3.08. The minimum absolute atomic E-state index is 0.0269. The van der Waals surface area contributed by atoms with E-state index in [1.54, 1.807) is 0 Å². The first-order valence-electron chi connectivity index (χ1n) is 13.2. The van der Waals surface area contributed by atoms with Crippen LogP contribution >= 0.6 is 0 Å². The van der Waals surface area contributed by atoms with Gasteiger partial charge in [0, 0.05) is 6.42 Å². The molecular formula is C27H46O5. The fourth-order valence-corrected chi connectivity index (χ4v) is 9.88. The Morgan fingerprint density at radius 2 is 1.69 bits per heavy atom. The van der Waals surface area contributed by atoms with Gasteiger partial charge >= 0.3 is 5.97 Å². The summed E-state index contributed by atoms with van der Waals surface area (Å²) >= 11 is 0. The van der Waals surface area contributed by atoms with E-state index in [1.165, 1.54) is 0 Å². The summed E-state index contributed by atoms with van der Waals surface area (Å²) < 4.78 is 0. The van der Waals surface area contributed by atoms with Crippen molar-refractivity contribution in [3.8, 4) is 0 Å². The van der Waals surface area contributed by atoms with Gasteiger partial charge in [-0.2, -0.15) is 0 Å². The van der Waals surface area contributed by atoms with Gasteiger partial charge in [-0.05, 0) is 96.7 Å². The van der Waals surface area contributed by atoms with Crippen LogP contribution < -0.4 is 0 Å². The highest BCUT2D eigenvalue weighted by Gasteiger charge is 2.68. The van der Waals surface area contributed by atoms with Crippen molar-refractivity contribution in [3.05, 3.63) is 0 Å². The van der Waals surface area contributed by atoms with Crippen molar-refractivity contribution in [3.63, 3.8) is 0 Å². The van der Waals surface area contributed by atoms with E-state index >= 15 is 0 Å². The molecule has 0 aromatic rings. The van der Waals surface area contributed by atoms with E-state index < -0.39 is 12.1 Å². The number of aliphatic hydroxyl groups excluding tert-OH is 3. The van der Waals surface area contributed by atoms with Crippen LogP contribution in [0.2, 0.25) is 0 Å². The smallest absolute Gasteiger partial charge is 0.303 e. The van der Waals surface area contributed by atoms with E-state index in [4.69, 9.17) is 0 Å². The van der Waals surface area contributed by atoms with Gasteiger partial charge in [0.05, 0.1) is 18.3 Å². The van der Waals surface area contributed by atoms with Gasteiger partial charge in [-0.3, -0.25) is 4.79 Å². The summed E-state index contributed by atoms with van der Waals surface area (Å²) in [5.41, 5.74) is -0.238. The maximum atomic E-state index is 11.8. The normalized spacial score (nSPS) is 53.8. The Labute approximate surface area is 194 Å². The molecule has 4 aliphatic rings. The maximum absolute atomic E-state index is 11.8. The van der Waals surface area contributed by atoms with E-state index in [-0.39, 0.29) is 59.0 Å². The Hall–Kier alpha value is -0.650. The number of aliphatic hydroxyl groups is 3. The van der Waals surface area contributed by atoms with Crippen LogP contribution in [0.3, 0.4) is 0 Å². The molecule has 4 saturated carbocycles. The molecule has 0 amide bonds. The van der Waals surface area contributed by atoms with Gasteiger partial charge in [-0.15, -0.1) is 0 Å². The Bertz CT molecular complexity index is 710. The lowest BCUT2D eigenvalue weighted by molar-refractivity contribution is -0.241. The van der Waals surface area contributed by atoms with Gasteiger partial charge in [0.25, 0.3) is 0 Å². The SMILES string of the molecule is CC[C@H]1[C@@H](O)[C@@H]2[C@H](C[C@H](O)[C@]3(C)[C@@H]([C@H](C)CCC(=O)O)CC[C@@H]23)[C@@]2(C)C(C)C[C@@H](O)C[C@@H]12. The lowest BCUT2D eigenvalue weighted by Gasteiger charge is -2.67. The Morgan fingerprint density at radius 3 is 2.31 bits per heavy atom. The predicted octanol–water partition coefficient (Wildman–Crippen LogP) is 4.33. The molecular weight excluding hydrogens is 404 g/mol. The number of aliphatic carboxylic acids is 1. The highest BCUT2D eigenvalue weighted by Crippen LogP contribution is 2.70. The first kappa shape index (κ1) is 24.5. The summed E-state index contributed by atoms with van der Waals surface area (Å²) in [5.74, 6) is 1.39.